The molecule has 15 heavy (non-hydrogen) atoms. The highest BCUT2D eigenvalue weighted by Crippen LogP contribution is 2.05. The molecule has 4 nitrogen and oxygen atoms in total. The summed E-state index contributed by atoms with van der Waals surface area (Å²) in [6, 6.07) is 3.53. The molecule has 0 amide bonds. The summed E-state index contributed by atoms with van der Waals surface area (Å²) in [4.78, 5) is 3.92. The lowest BCUT2D eigenvalue weighted by Crippen LogP contribution is -2.13. The second kappa shape index (κ2) is 5.81. The van der Waals surface area contributed by atoms with Crippen molar-refractivity contribution in [1.82, 2.24) is 4.98 Å². The van der Waals surface area contributed by atoms with Gasteiger partial charge in [0.25, 0.3) is 0 Å². The van der Waals surface area contributed by atoms with E-state index in [1.807, 2.05) is 12.3 Å². The lowest BCUT2D eigenvalue weighted by molar-refractivity contribution is -0.414. The van der Waals surface area contributed by atoms with E-state index in [1.165, 1.54) is 10.2 Å². The Labute approximate surface area is 96.0 Å². The molecule has 1 atom stereocenters. The van der Waals surface area contributed by atoms with Crippen LogP contribution in [0.1, 0.15) is 5.56 Å². The average Bonchev–Trinajstić information content (AvgIpc) is 2.21. The van der Waals surface area contributed by atoms with Crippen LogP contribution in [0, 0.1) is 11.5 Å². The smallest absolute Gasteiger partial charge is 0.464 e. The molecule has 1 aromatic heterocycles. The molecule has 0 fully saturated rings. The monoisotopic (exact) mass is 243 g/mol. The Bertz CT molecular complexity index is 406. The van der Waals surface area contributed by atoms with Gasteiger partial charge in [0, 0.05) is 12.6 Å². The maximum Gasteiger partial charge on any atom is 0.464 e. The van der Waals surface area contributed by atoms with Crippen molar-refractivity contribution >= 4 is 22.6 Å². The number of pyridine rings is 1. The Balaban J connectivity index is 2.62. The van der Waals surface area contributed by atoms with Gasteiger partial charge in [-0.05, 0) is 17.9 Å². The van der Waals surface area contributed by atoms with Crippen molar-refractivity contribution in [3.05, 3.63) is 29.0 Å². The third kappa shape index (κ3) is 3.96. The molecule has 0 radical (unpaired) electrons. The van der Waals surface area contributed by atoms with Gasteiger partial charge in [0.1, 0.15) is 11.7 Å². The number of halogens is 1. The first kappa shape index (κ1) is 12.1. The average molecular weight is 244 g/mol. The van der Waals surface area contributed by atoms with Crippen LogP contribution in [0.5, 0.6) is 0 Å². The van der Waals surface area contributed by atoms with Crippen LogP contribution in [0.2, 0.25) is 5.15 Å². The van der Waals surface area contributed by atoms with Crippen molar-refractivity contribution in [2.24, 2.45) is 0 Å². The fourth-order valence-corrected chi connectivity index (χ4v) is 1.60. The third-order valence-electron chi connectivity index (χ3n) is 1.81. The second-order valence-electron chi connectivity index (χ2n) is 2.87. The van der Waals surface area contributed by atoms with Gasteiger partial charge in [0.2, 0.25) is 0 Å². The molecule has 0 aliphatic rings. The summed E-state index contributed by atoms with van der Waals surface area (Å²) in [5.74, 6) is 0. The predicted octanol–water partition coefficient (Wildman–Crippen LogP) is 1.33. The van der Waals surface area contributed by atoms with Crippen LogP contribution in [-0.4, -0.2) is 26.3 Å². The van der Waals surface area contributed by atoms with Crippen molar-refractivity contribution in [2.75, 3.05) is 12.8 Å². The molecule has 1 aromatic rings. The van der Waals surface area contributed by atoms with Crippen molar-refractivity contribution in [3.8, 4) is 6.19 Å². The largest absolute Gasteiger partial charge is 0.772 e. The van der Waals surface area contributed by atoms with Crippen LogP contribution >= 0.6 is 11.6 Å². The molecule has 6 heteroatoms. The Morgan fingerprint density at radius 3 is 2.87 bits per heavy atom. The summed E-state index contributed by atoms with van der Waals surface area (Å²) in [5, 5.41) is 9.10. The molecule has 0 spiro atoms. The Morgan fingerprint density at radius 1 is 1.67 bits per heavy atom. The minimum Gasteiger partial charge on any atom is -0.772 e. The van der Waals surface area contributed by atoms with E-state index in [-0.39, 0.29) is 0 Å². The summed E-state index contributed by atoms with van der Waals surface area (Å²) in [7, 11) is -1.26. The number of hydrogen-bond donors (Lipinski definition) is 0. The van der Waals surface area contributed by atoms with Gasteiger partial charge in [-0.3, -0.25) is 0 Å². The third-order valence-corrected chi connectivity index (χ3v) is 2.92. The fraction of sp³-hybridized carbons (Fsp3) is 0.333. The highest BCUT2D eigenvalue weighted by Gasteiger charge is 2.01. The van der Waals surface area contributed by atoms with Crippen LogP contribution in [0.25, 0.3) is 0 Å². The molecule has 0 aliphatic carbocycles. The molecular weight excluding hydrogens is 234 g/mol. The van der Waals surface area contributed by atoms with E-state index < -0.39 is 11.0 Å². The molecule has 80 valence electrons. The topological polar surface area (TPSA) is 62.8 Å². The van der Waals surface area contributed by atoms with Gasteiger partial charge in [-0.2, -0.15) is 3.95 Å². The summed E-state index contributed by atoms with van der Waals surface area (Å²) in [6.45, 7) is 0.420. The maximum absolute atomic E-state index is 11.0. The zero-order valence-electron chi connectivity index (χ0n) is 8.18. The van der Waals surface area contributed by atoms with E-state index in [4.69, 9.17) is 16.9 Å². The van der Waals surface area contributed by atoms with Crippen LogP contribution in [0.15, 0.2) is 18.3 Å². The number of nitriles is 1. The summed E-state index contributed by atoms with van der Waals surface area (Å²) in [5.41, 5.74) is 0.963. The molecule has 0 N–H and O–H groups in total. The van der Waals surface area contributed by atoms with E-state index in [0.29, 0.717) is 18.1 Å². The molecule has 0 aromatic carbocycles. The van der Waals surface area contributed by atoms with Crippen molar-refractivity contribution < 1.29 is 8.50 Å². The van der Waals surface area contributed by atoms with Gasteiger partial charge in [-0.25, -0.2) is 4.98 Å². The predicted molar refractivity (Wildman–Crippen MR) is 57.8 cm³/mol. The molecule has 0 bridgehead atoms. The standard InChI is InChI=1S/C9H10ClN3OS/c1-15(14)13(7-11)5-4-8-2-3-9(10)12-6-8/h2-3,6H,4-5H2,1H3. The highest BCUT2D eigenvalue weighted by molar-refractivity contribution is 7.78. The molecular formula is C9H10ClN3OS. The second-order valence-corrected chi connectivity index (χ2v) is 4.54. The molecule has 1 heterocycles. The quantitative estimate of drug-likeness (QED) is 0.348. The molecule has 0 saturated heterocycles. The number of rotatable bonds is 3. The van der Waals surface area contributed by atoms with Crippen molar-refractivity contribution in [1.29, 1.82) is 5.26 Å². The van der Waals surface area contributed by atoms with Crippen molar-refractivity contribution in [2.45, 2.75) is 6.42 Å². The fourth-order valence-electron chi connectivity index (χ4n) is 1.02. The van der Waals surface area contributed by atoms with Gasteiger partial charge in [0.05, 0.1) is 0 Å². The van der Waals surface area contributed by atoms with E-state index in [9.17, 15) is 4.55 Å². The van der Waals surface area contributed by atoms with Gasteiger partial charge in [0.15, 0.2) is 5.26 Å². The maximum atomic E-state index is 11.0. The normalized spacial score (nSPS) is 13.1. The first-order valence-electron chi connectivity index (χ1n) is 4.24. The molecule has 1 rings (SSSR count). The minimum atomic E-state index is -1.26. The van der Waals surface area contributed by atoms with Gasteiger partial charge in [-0.15, -0.1) is 11.0 Å². The first-order chi connectivity index (χ1) is 7.13. The minimum absolute atomic E-state index is 0.420. The lowest BCUT2D eigenvalue weighted by Gasteiger charge is -2.06. The van der Waals surface area contributed by atoms with Gasteiger partial charge in [-0.1, -0.05) is 17.7 Å². The number of nitrogens with zero attached hydrogens (tertiary/aromatic N) is 3. The first-order valence-corrected chi connectivity index (χ1v) is 6.14. The van der Waals surface area contributed by atoms with Crippen LogP contribution in [-0.2, 0) is 17.4 Å². The highest BCUT2D eigenvalue weighted by atomic mass is 35.5. The Kier molecular flexibility index (Phi) is 4.69. The van der Waals surface area contributed by atoms with E-state index in [2.05, 4.69) is 4.98 Å². The summed E-state index contributed by atoms with van der Waals surface area (Å²) >= 11 is 5.63. The van der Waals surface area contributed by atoms with Crippen molar-refractivity contribution in [3.63, 3.8) is 0 Å². The molecule has 0 saturated carbocycles. The molecule has 1 unspecified atom stereocenters. The summed E-state index contributed by atoms with van der Waals surface area (Å²) in [6.07, 6.45) is 5.62. The Hall–Kier alpha value is -0.960. The van der Waals surface area contributed by atoms with E-state index in [0.717, 1.165) is 5.56 Å². The number of hydrogen-bond acceptors (Lipinski definition) is 3. The van der Waals surface area contributed by atoms with E-state index >= 15 is 0 Å². The van der Waals surface area contributed by atoms with Crippen LogP contribution in [0.4, 0.5) is 0 Å². The van der Waals surface area contributed by atoms with Gasteiger partial charge < -0.3 is 4.55 Å². The van der Waals surface area contributed by atoms with Crippen LogP contribution in [0.3, 0.4) is 0 Å². The van der Waals surface area contributed by atoms with Crippen LogP contribution < -0.4 is 0 Å². The lowest BCUT2D eigenvalue weighted by atomic mass is 10.2. The zero-order valence-corrected chi connectivity index (χ0v) is 9.75. The zero-order chi connectivity index (χ0) is 11.3. The SMILES string of the molecule is CS([O-])=[N+](C#N)CCc1ccc(Cl)nc1. The summed E-state index contributed by atoms with van der Waals surface area (Å²) < 4.78 is 12.2. The molecule has 0 aliphatic heterocycles. The number of aromatic nitrogens is 1. The van der Waals surface area contributed by atoms with Gasteiger partial charge >= 0.3 is 6.19 Å². The van der Waals surface area contributed by atoms with E-state index in [1.54, 1.807) is 12.3 Å². The Morgan fingerprint density at radius 2 is 2.40 bits per heavy atom.